The summed E-state index contributed by atoms with van der Waals surface area (Å²) in [6.45, 7) is 8.64. The lowest BCUT2D eigenvalue weighted by Crippen LogP contribution is -2.40. The molecule has 19 heavy (non-hydrogen) atoms. The molecular weight excluding hydrogens is 246 g/mol. The summed E-state index contributed by atoms with van der Waals surface area (Å²) in [4.78, 5) is 24.5. The molecule has 1 fully saturated rings. The summed E-state index contributed by atoms with van der Waals surface area (Å²) in [5.74, 6) is 0. The lowest BCUT2D eigenvalue weighted by atomic mass is 10.2. The number of likely N-dealkylation sites (tertiary alicyclic amines) is 1. The first-order chi connectivity index (χ1) is 8.87. The van der Waals surface area contributed by atoms with Crippen LogP contribution < -0.4 is 0 Å². The summed E-state index contributed by atoms with van der Waals surface area (Å²) in [5.41, 5.74) is -0.550. The van der Waals surface area contributed by atoms with Gasteiger partial charge in [0.15, 0.2) is 0 Å². The van der Waals surface area contributed by atoms with Crippen molar-refractivity contribution in [1.29, 1.82) is 0 Å². The van der Waals surface area contributed by atoms with Crippen molar-refractivity contribution in [2.24, 2.45) is 0 Å². The molecule has 5 heteroatoms. The molecule has 0 aromatic carbocycles. The molecule has 0 bridgehead atoms. The van der Waals surface area contributed by atoms with E-state index in [1.807, 2.05) is 20.8 Å². The molecule has 110 valence electrons. The van der Waals surface area contributed by atoms with Crippen LogP contribution in [-0.4, -0.2) is 48.2 Å². The molecule has 1 aliphatic heterocycles. The van der Waals surface area contributed by atoms with Crippen LogP contribution in [0.1, 0.15) is 47.0 Å². The smallest absolute Gasteiger partial charge is 0.410 e. The highest BCUT2D eigenvalue weighted by Crippen LogP contribution is 2.22. The largest absolute Gasteiger partial charge is 0.444 e. The number of ether oxygens (including phenoxy) is 2. The van der Waals surface area contributed by atoms with E-state index in [1.54, 1.807) is 0 Å². The highest BCUT2D eigenvalue weighted by molar-refractivity contribution is 5.74. The Bertz CT molecular complexity index is 311. The van der Waals surface area contributed by atoms with Crippen molar-refractivity contribution in [3.05, 3.63) is 0 Å². The summed E-state index contributed by atoms with van der Waals surface area (Å²) in [6.07, 6.45) is 2.92. The van der Waals surface area contributed by atoms with Crippen LogP contribution in [0.15, 0.2) is 0 Å². The average Bonchev–Trinajstić information content (AvgIpc) is 2.70. The molecule has 0 aromatic heterocycles. The second kappa shape index (κ2) is 6.89. The number of amides is 1. The van der Waals surface area contributed by atoms with Crippen LogP contribution in [-0.2, 0) is 14.3 Å². The first-order valence-electron chi connectivity index (χ1n) is 6.94. The van der Waals surface area contributed by atoms with Gasteiger partial charge in [0.1, 0.15) is 11.9 Å². The summed E-state index contributed by atoms with van der Waals surface area (Å²) >= 11 is 0. The quantitative estimate of drug-likeness (QED) is 0.569. The lowest BCUT2D eigenvalue weighted by molar-refractivity contribution is -0.111. The third-order valence-electron chi connectivity index (χ3n) is 2.94. The Morgan fingerprint density at radius 3 is 2.63 bits per heavy atom. The molecule has 0 saturated carbocycles. The molecule has 1 amide bonds. The van der Waals surface area contributed by atoms with E-state index in [0.717, 1.165) is 19.1 Å². The predicted molar refractivity (Wildman–Crippen MR) is 72.1 cm³/mol. The Labute approximate surface area is 115 Å². The average molecular weight is 271 g/mol. The normalized spacial score (nSPS) is 23.5. The molecule has 5 nitrogen and oxygen atoms in total. The van der Waals surface area contributed by atoms with Gasteiger partial charge in [0.05, 0.1) is 18.7 Å². The van der Waals surface area contributed by atoms with Crippen LogP contribution in [0.5, 0.6) is 0 Å². The van der Waals surface area contributed by atoms with E-state index in [4.69, 9.17) is 9.47 Å². The monoisotopic (exact) mass is 271 g/mol. The fourth-order valence-electron chi connectivity index (χ4n) is 2.00. The van der Waals surface area contributed by atoms with E-state index >= 15 is 0 Å². The van der Waals surface area contributed by atoms with Gasteiger partial charge in [-0.3, -0.25) is 4.90 Å². The fraction of sp³-hybridized carbons (Fsp3) is 0.857. The number of aldehydes is 1. The van der Waals surface area contributed by atoms with E-state index in [1.165, 1.54) is 4.90 Å². The van der Waals surface area contributed by atoms with Crippen molar-refractivity contribution >= 4 is 12.4 Å². The van der Waals surface area contributed by atoms with E-state index in [-0.39, 0.29) is 6.10 Å². The zero-order chi connectivity index (χ0) is 14.5. The van der Waals surface area contributed by atoms with Gasteiger partial charge in [-0.05, 0) is 27.2 Å². The molecule has 0 aliphatic carbocycles. The fourth-order valence-corrected chi connectivity index (χ4v) is 2.00. The third kappa shape index (κ3) is 5.19. The minimum absolute atomic E-state index is 0.0609. The van der Waals surface area contributed by atoms with Crippen molar-refractivity contribution in [2.75, 3.05) is 13.2 Å². The number of nitrogens with zero attached hydrogens (tertiary/aromatic N) is 1. The van der Waals surface area contributed by atoms with Crippen LogP contribution in [0.2, 0.25) is 0 Å². The van der Waals surface area contributed by atoms with Gasteiger partial charge in [0.2, 0.25) is 0 Å². The molecule has 0 aromatic rings. The van der Waals surface area contributed by atoms with E-state index in [2.05, 4.69) is 6.92 Å². The molecule has 1 saturated heterocycles. The van der Waals surface area contributed by atoms with Crippen LogP contribution in [0.4, 0.5) is 4.79 Å². The molecule has 1 heterocycles. The molecule has 0 unspecified atom stereocenters. The van der Waals surface area contributed by atoms with Crippen molar-refractivity contribution in [3.63, 3.8) is 0 Å². The van der Waals surface area contributed by atoms with Gasteiger partial charge >= 0.3 is 6.09 Å². The number of carbonyl (C=O) groups is 2. The summed E-state index contributed by atoms with van der Waals surface area (Å²) < 4.78 is 11.0. The van der Waals surface area contributed by atoms with E-state index < -0.39 is 17.7 Å². The Balaban J connectivity index is 2.53. The summed E-state index contributed by atoms with van der Waals surface area (Å²) in [6, 6.07) is -0.429. The van der Waals surface area contributed by atoms with Gasteiger partial charge in [-0.2, -0.15) is 0 Å². The molecule has 0 N–H and O–H groups in total. The first kappa shape index (κ1) is 16.0. The molecule has 0 radical (unpaired) electrons. The Kier molecular flexibility index (Phi) is 5.79. The minimum Gasteiger partial charge on any atom is -0.444 e. The van der Waals surface area contributed by atoms with E-state index in [0.29, 0.717) is 19.6 Å². The van der Waals surface area contributed by atoms with Gasteiger partial charge in [-0.15, -0.1) is 0 Å². The SMILES string of the molecule is CCCCO[C@H]1C[C@@H](C=O)N(C(=O)OC(C)(C)C)C1. The maximum Gasteiger partial charge on any atom is 0.410 e. The highest BCUT2D eigenvalue weighted by atomic mass is 16.6. The number of unbranched alkanes of at least 4 members (excludes halogenated alkanes) is 1. The van der Waals surface area contributed by atoms with Crippen LogP contribution in [0, 0.1) is 0 Å². The standard InChI is InChI=1S/C14H25NO4/c1-5-6-7-18-12-8-11(10-16)15(9-12)13(17)19-14(2,3)4/h10-12H,5-9H2,1-4H3/t11-,12-/m0/s1. The Morgan fingerprint density at radius 2 is 2.11 bits per heavy atom. The molecule has 1 aliphatic rings. The van der Waals surface area contributed by atoms with Crippen molar-refractivity contribution < 1.29 is 19.1 Å². The minimum atomic E-state index is -0.550. The van der Waals surface area contributed by atoms with Crippen LogP contribution in [0.3, 0.4) is 0 Å². The number of carbonyl (C=O) groups excluding carboxylic acids is 2. The van der Waals surface area contributed by atoms with Crippen molar-refractivity contribution in [2.45, 2.75) is 64.7 Å². The zero-order valence-electron chi connectivity index (χ0n) is 12.3. The first-order valence-corrected chi connectivity index (χ1v) is 6.94. The summed E-state index contributed by atoms with van der Waals surface area (Å²) in [5, 5.41) is 0. The number of rotatable bonds is 5. The maximum absolute atomic E-state index is 12.0. The van der Waals surface area contributed by atoms with Crippen molar-refractivity contribution in [3.8, 4) is 0 Å². The number of hydrogen-bond donors (Lipinski definition) is 0. The van der Waals surface area contributed by atoms with Gasteiger partial charge in [0.25, 0.3) is 0 Å². The van der Waals surface area contributed by atoms with E-state index in [9.17, 15) is 9.59 Å². The Hall–Kier alpha value is -1.10. The summed E-state index contributed by atoms with van der Waals surface area (Å²) in [7, 11) is 0. The topological polar surface area (TPSA) is 55.8 Å². The molecule has 0 spiro atoms. The van der Waals surface area contributed by atoms with Crippen LogP contribution in [0.25, 0.3) is 0 Å². The van der Waals surface area contributed by atoms with Crippen molar-refractivity contribution in [1.82, 2.24) is 4.90 Å². The Morgan fingerprint density at radius 1 is 1.42 bits per heavy atom. The molecular formula is C14H25NO4. The van der Waals surface area contributed by atoms with Gasteiger partial charge in [-0.1, -0.05) is 13.3 Å². The molecule has 1 rings (SSSR count). The second-order valence-electron chi connectivity index (χ2n) is 5.92. The number of hydrogen-bond acceptors (Lipinski definition) is 4. The maximum atomic E-state index is 12.0. The molecule has 2 atom stereocenters. The predicted octanol–water partition coefficient (Wildman–Crippen LogP) is 2.38. The zero-order valence-corrected chi connectivity index (χ0v) is 12.3. The second-order valence-corrected chi connectivity index (χ2v) is 5.92. The van der Waals surface area contributed by atoms with Gasteiger partial charge < -0.3 is 14.3 Å². The van der Waals surface area contributed by atoms with Crippen LogP contribution >= 0.6 is 0 Å². The van der Waals surface area contributed by atoms with Gasteiger partial charge in [0, 0.05) is 13.0 Å². The lowest BCUT2D eigenvalue weighted by Gasteiger charge is -2.26. The highest BCUT2D eigenvalue weighted by Gasteiger charge is 2.37. The van der Waals surface area contributed by atoms with Gasteiger partial charge in [-0.25, -0.2) is 4.79 Å². The third-order valence-corrected chi connectivity index (χ3v) is 2.94.